The Hall–Kier alpha value is -2.95. The fraction of sp³-hybridized carbons (Fsp3) is 0.517. The van der Waals surface area contributed by atoms with Crippen LogP contribution in [0.4, 0.5) is 11.4 Å². The summed E-state index contributed by atoms with van der Waals surface area (Å²) in [6.07, 6.45) is 8.94. The van der Waals surface area contributed by atoms with Gasteiger partial charge < -0.3 is 15.4 Å². The highest BCUT2D eigenvalue weighted by Crippen LogP contribution is 2.32. The molecule has 1 saturated carbocycles. The van der Waals surface area contributed by atoms with Gasteiger partial charge in [0.15, 0.2) is 9.84 Å². The molecule has 0 bridgehead atoms. The van der Waals surface area contributed by atoms with E-state index in [1.54, 1.807) is 0 Å². The largest absolute Gasteiger partial charge is 0.492 e. The van der Waals surface area contributed by atoms with Gasteiger partial charge >= 0.3 is 0 Å². The second kappa shape index (κ2) is 11.7. The first kappa shape index (κ1) is 27.6. The van der Waals surface area contributed by atoms with E-state index < -0.39 is 9.84 Å². The molecule has 1 aliphatic carbocycles. The van der Waals surface area contributed by atoms with Gasteiger partial charge in [-0.25, -0.2) is 13.0 Å². The van der Waals surface area contributed by atoms with Crippen molar-refractivity contribution in [3.63, 3.8) is 0 Å². The summed E-state index contributed by atoms with van der Waals surface area (Å²) < 4.78 is 32.6. The van der Waals surface area contributed by atoms with Crippen LogP contribution >= 0.6 is 0 Å². The fourth-order valence-electron chi connectivity index (χ4n) is 5.35. The van der Waals surface area contributed by atoms with E-state index in [1.165, 1.54) is 24.6 Å². The Morgan fingerprint density at radius 3 is 2.69 bits per heavy atom. The fourth-order valence-corrected chi connectivity index (χ4v) is 6.15. The molecule has 2 aromatic carbocycles. The monoisotopic (exact) mass is 554 g/mol. The van der Waals surface area contributed by atoms with Gasteiger partial charge in [0.25, 0.3) is 5.91 Å². The smallest absolute Gasteiger partial charge is 0.255 e. The number of ether oxygens (including phenoxy) is 1. The molecule has 1 saturated heterocycles. The first-order chi connectivity index (χ1) is 18.7. The second-order valence-electron chi connectivity index (χ2n) is 11.2. The van der Waals surface area contributed by atoms with Gasteiger partial charge in [-0.2, -0.15) is 0 Å². The summed E-state index contributed by atoms with van der Waals surface area (Å²) in [5, 5.41) is 13.8. The van der Waals surface area contributed by atoms with Gasteiger partial charge in [-0.15, -0.1) is 0 Å². The molecule has 2 aliphatic heterocycles. The molecule has 0 spiro atoms. The molecule has 1 amide bonds. The van der Waals surface area contributed by atoms with Gasteiger partial charge in [-0.1, -0.05) is 6.07 Å². The standard InChI is InChI=1S/C29H39N5O4S/c1-19-6-10-23(16-25(19)33-29-30-13-12-24(32-29)22-5-4-14-34(2)17-22)31-28(35)21-9-11-27(39(3,36)37)26(15-21)38-18-20-7-8-20/h6,9-11,14-16,20,22,24,29-30,32-33H,4-5,7-8,12-13,17-18H2,1-3H3/p+1. The molecule has 0 radical (unpaired) electrons. The minimum Gasteiger partial charge on any atom is -0.492 e. The average molecular weight is 555 g/mol. The van der Waals surface area contributed by atoms with Crippen LogP contribution in [-0.2, 0) is 9.84 Å². The number of benzene rings is 2. The number of hydrogen-bond donors (Lipinski definition) is 4. The topological polar surface area (TPSA) is 112 Å². The normalized spacial score (nSPS) is 23.6. The van der Waals surface area contributed by atoms with Crippen LogP contribution in [-0.4, -0.2) is 70.4 Å². The third kappa shape index (κ3) is 7.17. The molecule has 210 valence electrons. The lowest BCUT2D eigenvalue weighted by Gasteiger charge is -2.37. The quantitative estimate of drug-likeness (QED) is 0.352. The van der Waals surface area contributed by atoms with Crippen molar-refractivity contribution in [3.05, 3.63) is 47.5 Å². The number of amides is 1. The lowest BCUT2D eigenvalue weighted by molar-refractivity contribution is -0.507. The van der Waals surface area contributed by atoms with Crippen molar-refractivity contribution in [2.24, 2.45) is 11.8 Å². The highest BCUT2D eigenvalue weighted by Gasteiger charge is 2.31. The first-order valence-electron chi connectivity index (χ1n) is 13.8. The van der Waals surface area contributed by atoms with Gasteiger partial charge in [0.2, 0.25) is 0 Å². The highest BCUT2D eigenvalue weighted by atomic mass is 32.2. The minimum absolute atomic E-state index is 0.0701. The Morgan fingerprint density at radius 1 is 1.13 bits per heavy atom. The van der Waals surface area contributed by atoms with Gasteiger partial charge in [0, 0.05) is 41.6 Å². The van der Waals surface area contributed by atoms with E-state index in [2.05, 4.69) is 39.1 Å². The van der Waals surface area contributed by atoms with Crippen LogP contribution < -0.4 is 26.0 Å². The van der Waals surface area contributed by atoms with E-state index >= 15 is 0 Å². The van der Waals surface area contributed by atoms with E-state index in [0.717, 1.165) is 56.3 Å². The second-order valence-corrected chi connectivity index (χ2v) is 13.2. The third-order valence-electron chi connectivity index (χ3n) is 7.83. The van der Waals surface area contributed by atoms with Crippen molar-refractivity contribution in [3.8, 4) is 5.75 Å². The Kier molecular flexibility index (Phi) is 8.25. The molecule has 3 atom stereocenters. The molecule has 2 aromatic rings. The number of rotatable bonds is 9. The maximum Gasteiger partial charge on any atom is 0.255 e. The van der Waals surface area contributed by atoms with Crippen molar-refractivity contribution < 1.29 is 22.5 Å². The molecule has 5 rings (SSSR count). The molecule has 0 aromatic heterocycles. The Balaban J connectivity index is 1.26. The summed E-state index contributed by atoms with van der Waals surface area (Å²) in [7, 11) is -1.33. The van der Waals surface area contributed by atoms with Crippen molar-refractivity contribution in [2.75, 3.05) is 43.6 Å². The van der Waals surface area contributed by atoms with Gasteiger partial charge in [-0.05, 0) is 81.0 Å². The maximum absolute atomic E-state index is 13.1. The molecule has 3 aliphatic rings. The van der Waals surface area contributed by atoms with E-state index in [1.807, 2.05) is 25.1 Å². The molecular weight excluding hydrogens is 514 g/mol. The van der Waals surface area contributed by atoms with Gasteiger partial charge in [0.1, 0.15) is 36.7 Å². The minimum atomic E-state index is -3.48. The van der Waals surface area contributed by atoms with Crippen LogP contribution in [0.3, 0.4) is 0 Å². The predicted molar refractivity (Wildman–Crippen MR) is 154 cm³/mol. The summed E-state index contributed by atoms with van der Waals surface area (Å²) in [6.45, 7) is 4.50. The lowest BCUT2D eigenvalue weighted by atomic mass is 9.89. The number of carbonyl (C=O) groups excluding carboxylic acids is 1. The van der Waals surface area contributed by atoms with Crippen LogP contribution in [0.2, 0.25) is 0 Å². The van der Waals surface area contributed by atoms with Gasteiger partial charge in [0.05, 0.1) is 6.61 Å². The molecule has 4 N–H and O–H groups in total. The summed E-state index contributed by atoms with van der Waals surface area (Å²) in [5.74, 6) is 0.979. The number of nitrogens with zero attached hydrogens (tertiary/aromatic N) is 1. The number of hydrogen-bond acceptors (Lipinski definition) is 7. The predicted octanol–water partition coefficient (Wildman–Crippen LogP) is 3.21. The van der Waals surface area contributed by atoms with E-state index in [4.69, 9.17) is 4.74 Å². The highest BCUT2D eigenvalue weighted by molar-refractivity contribution is 7.90. The molecular formula is C29H40N5O4S+. The summed E-state index contributed by atoms with van der Waals surface area (Å²) in [6, 6.07) is 10.7. The zero-order valence-electron chi connectivity index (χ0n) is 23.0. The zero-order chi connectivity index (χ0) is 27.6. The number of aryl methyl sites for hydroxylation is 1. The first-order valence-corrected chi connectivity index (χ1v) is 15.7. The molecule has 39 heavy (non-hydrogen) atoms. The Bertz CT molecular complexity index is 1360. The van der Waals surface area contributed by atoms with Crippen LogP contribution in [0.25, 0.3) is 0 Å². The lowest BCUT2D eigenvalue weighted by Crippen LogP contribution is -2.60. The van der Waals surface area contributed by atoms with Crippen LogP contribution in [0, 0.1) is 18.8 Å². The van der Waals surface area contributed by atoms with Gasteiger partial charge in [-0.3, -0.25) is 15.4 Å². The number of anilines is 2. The SMILES string of the molecule is Cc1ccc(NC(=O)c2ccc(S(C)(=O)=O)c(OCC3CC3)c2)cc1NC1NCCC(C2CCC=[N+](C)C2)N1. The number of sulfone groups is 1. The van der Waals surface area contributed by atoms with E-state index in [0.29, 0.717) is 35.7 Å². The molecule has 9 nitrogen and oxygen atoms in total. The molecule has 2 heterocycles. The molecule has 10 heteroatoms. The summed E-state index contributed by atoms with van der Waals surface area (Å²) in [5.41, 5.74) is 2.99. The Labute approximate surface area is 231 Å². The van der Waals surface area contributed by atoms with Crippen LogP contribution in [0.15, 0.2) is 41.3 Å². The van der Waals surface area contributed by atoms with Crippen molar-refractivity contribution >= 4 is 33.3 Å². The third-order valence-corrected chi connectivity index (χ3v) is 8.96. The molecule has 3 unspecified atom stereocenters. The van der Waals surface area contributed by atoms with E-state index in [9.17, 15) is 13.2 Å². The van der Waals surface area contributed by atoms with Crippen molar-refractivity contribution in [1.29, 1.82) is 0 Å². The van der Waals surface area contributed by atoms with Crippen molar-refractivity contribution in [1.82, 2.24) is 10.6 Å². The zero-order valence-corrected chi connectivity index (χ0v) is 23.8. The number of carbonyl (C=O) groups is 1. The average Bonchev–Trinajstić information content (AvgIpc) is 3.73. The van der Waals surface area contributed by atoms with Crippen molar-refractivity contribution in [2.45, 2.75) is 56.3 Å². The number of nitrogens with one attached hydrogen (secondary N) is 4. The van der Waals surface area contributed by atoms with E-state index in [-0.39, 0.29) is 22.8 Å². The van der Waals surface area contributed by atoms with Crippen LogP contribution in [0.1, 0.15) is 48.0 Å². The van der Waals surface area contributed by atoms with Crippen LogP contribution in [0.5, 0.6) is 5.75 Å². The summed E-state index contributed by atoms with van der Waals surface area (Å²) >= 11 is 0. The maximum atomic E-state index is 13.1. The Morgan fingerprint density at radius 2 is 1.95 bits per heavy atom. The molecule has 2 fully saturated rings. The summed E-state index contributed by atoms with van der Waals surface area (Å²) in [4.78, 5) is 13.2.